The van der Waals surface area contributed by atoms with Crippen LogP contribution < -0.4 is 10.2 Å². The molecular weight excluding hydrogens is 400 g/mol. The fraction of sp³-hybridized carbons (Fsp3) is 0.227. The molecule has 2 aliphatic heterocycles. The van der Waals surface area contributed by atoms with Crippen LogP contribution in [-0.4, -0.2) is 54.3 Å². The molecule has 2 saturated heterocycles. The summed E-state index contributed by atoms with van der Waals surface area (Å²) in [6.45, 7) is 4.20. The fourth-order valence-electron chi connectivity index (χ4n) is 3.72. The van der Waals surface area contributed by atoms with Gasteiger partial charge in [-0.2, -0.15) is 0 Å². The summed E-state index contributed by atoms with van der Waals surface area (Å²) in [5.41, 5.74) is 4.49. The smallest absolute Gasteiger partial charge is 0.290 e. The molecule has 30 heavy (non-hydrogen) atoms. The third-order valence-corrected chi connectivity index (χ3v) is 6.25. The number of hydrogen-bond acceptors (Lipinski definition) is 7. The van der Waals surface area contributed by atoms with Crippen LogP contribution in [0.2, 0.25) is 0 Å². The molecule has 0 radical (unpaired) electrons. The number of likely N-dealkylation sites (N-methyl/N-ethyl adjacent to an activating group) is 1. The Balaban J connectivity index is 1.44. The summed E-state index contributed by atoms with van der Waals surface area (Å²) >= 11 is 0.894. The van der Waals surface area contributed by atoms with Gasteiger partial charge < -0.3 is 14.2 Å². The van der Waals surface area contributed by atoms with Crippen molar-refractivity contribution in [3.05, 3.63) is 53.3 Å². The number of piperazine rings is 1. The van der Waals surface area contributed by atoms with Crippen molar-refractivity contribution >= 4 is 45.8 Å². The quantitative estimate of drug-likeness (QED) is 0.649. The monoisotopic (exact) mass is 420 g/mol. The zero-order valence-corrected chi connectivity index (χ0v) is 17.2. The second kappa shape index (κ2) is 7.62. The molecule has 0 bridgehead atoms. The molecule has 2 aromatic heterocycles. The molecule has 1 aromatic carbocycles. The Labute approximate surface area is 177 Å². The number of fused-ring (bicyclic) bond motifs is 1. The van der Waals surface area contributed by atoms with Crippen LogP contribution in [-0.2, 0) is 4.79 Å². The Hall–Kier alpha value is -3.10. The number of amides is 2. The minimum atomic E-state index is -0.378. The molecule has 4 heterocycles. The van der Waals surface area contributed by atoms with Crippen LogP contribution in [0.25, 0.3) is 28.3 Å². The average Bonchev–Trinajstić information content (AvgIpc) is 3.31. The molecule has 7 nitrogen and oxygen atoms in total. The van der Waals surface area contributed by atoms with Gasteiger partial charge in [-0.3, -0.25) is 14.9 Å². The lowest BCUT2D eigenvalue weighted by Crippen LogP contribution is -2.44. The maximum absolute atomic E-state index is 11.8. The van der Waals surface area contributed by atoms with Crippen LogP contribution in [0.15, 0.2) is 52.1 Å². The van der Waals surface area contributed by atoms with E-state index in [9.17, 15) is 9.59 Å². The van der Waals surface area contributed by atoms with Crippen molar-refractivity contribution in [2.45, 2.75) is 0 Å². The van der Waals surface area contributed by atoms with E-state index < -0.39 is 0 Å². The van der Waals surface area contributed by atoms with E-state index in [1.165, 1.54) is 5.69 Å². The number of anilines is 1. The van der Waals surface area contributed by atoms with Crippen LogP contribution in [0.4, 0.5) is 10.5 Å². The predicted octanol–water partition coefficient (Wildman–Crippen LogP) is 3.57. The number of nitrogens with one attached hydrogen (secondary N) is 1. The van der Waals surface area contributed by atoms with Gasteiger partial charge in [0.15, 0.2) is 0 Å². The highest BCUT2D eigenvalue weighted by atomic mass is 32.2. The first-order valence-corrected chi connectivity index (χ1v) is 10.5. The molecule has 8 heteroatoms. The van der Waals surface area contributed by atoms with Gasteiger partial charge in [0.1, 0.15) is 6.26 Å². The number of carbonyl (C=O) groups is 2. The van der Waals surface area contributed by atoms with Crippen molar-refractivity contribution in [1.29, 1.82) is 0 Å². The highest BCUT2D eigenvalue weighted by Crippen LogP contribution is 2.33. The van der Waals surface area contributed by atoms with Gasteiger partial charge in [-0.05, 0) is 54.2 Å². The fourth-order valence-corrected chi connectivity index (χ4v) is 4.41. The zero-order valence-electron chi connectivity index (χ0n) is 16.4. The van der Waals surface area contributed by atoms with Crippen LogP contribution in [0.1, 0.15) is 5.56 Å². The number of rotatable bonds is 3. The number of thioether (sulfide) groups is 1. The van der Waals surface area contributed by atoms with E-state index in [4.69, 9.17) is 4.42 Å². The number of nitrogens with zero attached hydrogens (tertiary/aromatic N) is 3. The first-order valence-electron chi connectivity index (χ1n) is 9.73. The highest BCUT2D eigenvalue weighted by molar-refractivity contribution is 8.18. The molecule has 0 spiro atoms. The Morgan fingerprint density at radius 3 is 2.60 bits per heavy atom. The van der Waals surface area contributed by atoms with Gasteiger partial charge in [0, 0.05) is 49.0 Å². The van der Waals surface area contributed by atoms with E-state index in [1.807, 2.05) is 6.07 Å². The Morgan fingerprint density at radius 2 is 1.90 bits per heavy atom. The number of furan rings is 1. The molecule has 0 atom stereocenters. The molecule has 2 fully saturated rings. The second-order valence-corrected chi connectivity index (χ2v) is 8.47. The van der Waals surface area contributed by atoms with E-state index in [-0.39, 0.29) is 11.1 Å². The van der Waals surface area contributed by atoms with Crippen LogP contribution in [0.3, 0.4) is 0 Å². The molecule has 0 unspecified atom stereocenters. The van der Waals surface area contributed by atoms with Crippen molar-refractivity contribution in [2.24, 2.45) is 0 Å². The first-order chi connectivity index (χ1) is 14.6. The maximum Gasteiger partial charge on any atom is 0.290 e. The van der Waals surface area contributed by atoms with Gasteiger partial charge in [0.2, 0.25) is 5.71 Å². The van der Waals surface area contributed by atoms with E-state index >= 15 is 0 Å². The third kappa shape index (κ3) is 3.59. The minimum Gasteiger partial charge on any atom is -0.445 e. The largest absolute Gasteiger partial charge is 0.445 e. The summed E-state index contributed by atoms with van der Waals surface area (Å²) in [6, 6.07) is 10.4. The molecular formula is C22H20N4O3S. The molecule has 1 N–H and O–H groups in total. The van der Waals surface area contributed by atoms with Crippen molar-refractivity contribution < 1.29 is 14.0 Å². The van der Waals surface area contributed by atoms with E-state index in [0.29, 0.717) is 10.6 Å². The molecule has 0 saturated carbocycles. The number of aromatic nitrogens is 1. The number of hydrogen-bond donors (Lipinski definition) is 1. The van der Waals surface area contributed by atoms with Crippen LogP contribution in [0.5, 0.6) is 0 Å². The number of pyridine rings is 1. The van der Waals surface area contributed by atoms with Crippen molar-refractivity contribution in [2.75, 3.05) is 38.1 Å². The van der Waals surface area contributed by atoms with Gasteiger partial charge in [0.05, 0.1) is 4.91 Å². The van der Waals surface area contributed by atoms with Gasteiger partial charge in [-0.1, -0.05) is 12.1 Å². The average molecular weight is 420 g/mol. The summed E-state index contributed by atoms with van der Waals surface area (Å²) in [5.74, 6) is -0.378. The van der Waals surface area contributed by atoms with Crippen LogP contribution in [0, 0.1) is 0 Å². The number of benzene rings is 1. The van der Waals surface area contributed by atoms with Gasteiger partial charge in [0.25, 0.3) is 11.1 Å². The van der Waals surface area contributed by atoms with Crippen molar-refractivity contribution in [1.82, 2.24) is 15.2 Å². The normalized spacial score (nSPS) is 19.1. The minimum absolute atomic E-state index is 0.357. The molecule has 2 amide bonds. The molecule has 152 valence electrons. The summed E-state index contributed by atoms with van der Waals surface area (Å²) < 4.78 is 5.64. The molecule has 3 aromatic rings. The summed E-state index contributed by atoms with van der Waals surface area (Å²) in [5, 5.41) is 2.77. The number of carbonyl (C=O) groups excluding carboxylic acids is 2. The second-order valence-electron chi connectivity index (χ2n) is 7.46. The lowest BCUT2D eigenvalue weighted by atomic mass is 10.0. The third-order valence-electron chi connectivity index (χ3n) is 5.44. The molecule has 5 rings (SSSR count). The lowest BCUT2D eigenvalue weighted by Gasteiger charge is -2.34. The van der Waals surface area contributed by atoms with Crippen molar-refractivity contribution in [3.63, 3.8) is 0 Å². The summed E-state index contributed by atoms with van der Waals surface area (Å²) in [6.07, 6.45) is 5.01. The first kappa shape index (κ1) is 18.9. The van der Waals surface area contributed by atoms with Gasteiger partial charge >= 0.3 is 0 Å². The van der Waals surface area contributed by atoms with Crippen LogP contribution >= 0.6 is 11.8 Å². The van der Waals surface area contributed by atoms with Crippen molar-refractivity contribution in [3.8, 4) is 11.1 Å². The van der Waals surface area contributed by atoms with E-state index in [2.05, 4.69) is 51.4 Å². The van der Waals surface area contributed by atoms with Gasteiger partial charge in [-0.25, -0.2) is 4.98 Å². The standard InChI is InChI=1S/C22H20N4O3S/c1-25-6-8-26(9-7-25)16-4-2-15(3-5-16)18-13-29-21-17(18)10-14(12-23-21)11-19-20(27)24-22(28)30-19/h2-5,10-13H,6-9H2,1H3,(H,24,27,28). The zero-order chi connectivity index (χ0) is 20.7. The maximum atomic E-state index is 11.8. The van der Waals surface area contributed by atoms with E-state index in [1.54, 1.807) is 18.5 Å². The molecule has 0 aliphatic carbocycles. The highest BCUT2D eigenvalue weighted by Gasteiger charge is 2.25. The summed E-state index contributed by atoms with van der Waals surface area (Å²) in [7, 11) is 2.15. The Morgan fingerprint density at radius 1 is 1.13 bits per heavy atom. The topological polar surface area (TPSA) is 78.7 Å². The van der Waals surface area contributed by atoms with Gasteiger partial charge in [-0.15, -0.1) is 0 Å². The number of imide groups is 1. The SMILES string of the molecule is CN1CCN(c2ccc(-c3coc4ncc(C=C5SC(=O)NC5=O)cc34)cc2)CC1. The lowest BCUT2D eigenvalue weighted by molar-refractivity contribution is -0.115. The Kier molecular flexibility index (Phi) is 4.80. The van der Waals surface area contributed by atoms with E-state index in [0.717, 1.165) is 60.0 Å². The Bertz CT molecular complexity index is 1160. The summed E-state index contributed by atoms with van der Waals surface area (Å²) in [4.78, 5) is 32.6. The molecule has 2 aliphatic rings. The predicted molar refractivity (Wildman–Crippen MR) is 118 cm³/mol.